The van der Waals surface area contributed by atoms with Crippen LogP contribution < -0.4 is 5.32 Å². The molecule has 1 aliphatic heterocycles. The second-order valence-corrected chi connectivity index (χ2v) is 7.94. The molecular formula is C20H30N2O6. The Morgan fingerprint density at radius 2 is 1.93 bits per heavy atom. The van der Waals surface area contributed by atoms with Crippen molar-refractivity contribution < 1.29 is 29.3 Å². The highest BCUT2D eigenvalue weighted by molar-refractivity contribution is 5.69. The molecular weight excluding hydrogens is 364 g/mol. The summed E-state index contributed by atoms with van der Waals surface area (Å²) in [5, 5.41) is 22.5. The second-order valence-electron chi connectivity index (χ2n) is 7.94. The summed E-state index contributed by atoms with van der Waals surface area (Å²) in [6.45, 7) is 5.56. The molecule has 1 aromatic rings. The predicted octanol–water partition coefficient (Wildman–Crippen LogP) is 1.89. The first-order valence-corrected chi connectivity index (χ1v) is 9.43. The number of nitrogens with zero attached hydrogens (tertiary/aromatic N) is 1. The summed E-state index contributed by atoms with van der Waals surface area (Å²) in [5.41, 5.74) is 0.215. The van der Waals surface area contributed by atoms with E-state index in [9.17, 15) is 19.8 Å². The Morgan fingerprint density at radius 1 is 1.25 bits per heavy atom. The molecule has 1 heterocycles. The topological polar surface area (TPSA) is 108 Å². The zero-order chi connectivity index (χ0) is 20.7. The molecule has 156 valence electrons. The maximum Gasteiger partial charge on any atom is 0.410 e. The molecule has 8 nitrogen and oxygen atoms in total. The number of ether oxygens (including phenoxy) is 2. The molecule has 3 N–H and O–H groups in total. The Balaban J connectivity index is 1.93. The number of carbonyl (C=O) groups excluding carboxylic acids is 2. The number of alkyl carbamates (subject to hydrolysis) is 1. The van der Waals surface area contributed by atoms with Gasteiger partial charge in [0.15, 0.2) is 0 Å². The lowest BCUT2D eigenvalue weighted by molar-refractivity contribution is 0.0436. The van der Waals surface area contributed by atoms with Crippen LogP contribution in [0.5, 0.6) is 0 Å². The molecule has 1 fully saturated rings. The van der Waals surface area contributed by atoms with Crippen LogP contribution in [0, 0.1) is 5.92 Å². The predicted molar refractivity (Wildman–Crippen MR) is 103 cm³/mol. The molecule has 2 amide bonds. The monoisotopic (exact) mass is 394 g/mol. The Bertz CT molecular complexity index is 646. The van der Waals surface area contributed by atoms with Gasteiger partial charge in [0.05, 0.1) is 12.6 Å². The highest BCUT2D eigenvalue weighted by atomic mass is 16.6. The van der Waals surface area contributed by atoms with Crippen LogP contribution in [-0.4, -0.2) is 64.7 Å². The zero-order valence-electron chi connectivity index (χ0n) is 16.6. The van der Waals surface area contributed by atoms with E-state index >= 15 is 0 Å². The van der Waals surface area contributed by atoms with Crippen molar-refractivity contribution in [2.75, 3.05) is 19.7 Å². The third-order valence-corrected chi connectivity index (χ3v) is 4.46. The van der Waals surface area contributed by atoms with Gasteiger partial charge in [-0.2, -0.15) is 0 Å². The normalized spacial score (nSPS) is 20.5. The van der Waals surface area contributed by atoms with Crippen LogP contribution in [0.2, 0.25) is 0 Å². The van der Waals surface area contributed by atoms with Crippen LogP contribution >= 0.6 is 0 Å². The molecule has 0 aliphatic carbocycles. The lowest BCUT2D eigenvalue weighted by Gasteiger charge is -2.28. The molecule has 3 atom stereocenters. The van der Waals surface area contributed by atoms with E-state index in [-0.39, 0.29) is 32.7 Å². The van der Waals surface area contributed by atoms with Gasteiger partial charge in [-0.3, -0.25) is 0 Å². The van der Waals surface area contributed by atoms with Gasteiger partial charge in [0, 0.05) is 25.1 Å². The minimum Gasteiger partial charge on any atom is -0.445 e. The second kappa shape index (κ2) is 9.75. The van der Waals surface area contributed by atoms with Crippen LogP contribution in [0.3, 0.4) is 0 Å². The van der Waals surface area contributed by atoms with Crippen molar-refractivity contribution in [1.82, 2.24) is 10.2 Å². The summed E-state index contributed by atoms with van der Waals surface area (Å²) in [4.78, 5) is 25.8. The SMILES string of the molecule is CC(C)(C)OC(=O)N[C@@H](CCO)[C@@H]1CN(C(=O)OCc2ccccc2)C[C@@H]1O. The third-order valence-electron chi connectivity index (χ3n) is 4.46. The Hall–Kier alpha value is -2.32. The van der Waals surface area contributed by atoms with E-state index < -0.39 is 35.9 Å². The molecule has 28 heavy (non-hydrogen) atoms. The zero-order valence-corrected chi connectivity index (χ0v) is 16.6. The number of likely N-dealkylation sites (tertiary alicyclic amines) is 1. The van der Waals surface area contributed by atoms with Crippen LogP contribution in [0.1, 0.15) is 32.8 Å². The first kappa shape index (κ1) is 22.0. The standard InChI is InChI=1S/C20H30N2O6/c1-20(2,3)28-18(25)21-16(9-10-23)15-11-22(12-17(15)24)19(26)27-13-14-7-5-4-6-8-14/h4-8,15-17,23-24H,9-13H2,1-3H3,(H,21,25)/t15-,16-,17-/m0/s1. The van der Waals surface area contributed by atoms with E-state index in [2.05, 4.69) is 5.32 Å². The summed E-state index contributed by atoms with van der Waals surface area (Å²) >= 11 is 0. The average Bonchev–Trinajstić information content (AvgIpc) is 3.00. The maximum absolute atomic E-state index is 12.3. The van der Waals surface area contributed by atoms with Gasteiger partial charge in [0.2, 0.25) is 0 Å². The first-order chi connectivity index (χ1) is 13.2. The maximum atomic E-state index is 12.3. The first-order valence-electron chi connectivity index (χ1n) is 9.43. The number of rotatable bonds is 6. The van der Waals surface area contributed by atoms with Gasteiger partial charge in [-0.25, -0.2) is 9.59 Å². The number of β-amino-alcohol motifs (C(OH)–C–C–N with tert-alkyl or cyclic N) is 1. The van der Waals surface area contributed by atoms with Crippen molar-refractivity contribution >= 4 is 12.2 Å². The lowest BCUT2D eigenvalue weighted by atomic mass is 9.94. The number of carbonyl (C=O) groups is 2. The molecule has 8 heteroatoms. The van der Waals surface area contributed by atoms with E-state index in [1.807, 2.05) is 30.3 Å². The fraction of sp³-hybridized carbons (Fsp3) is 0.600. The van der Waals surface area contributed by atoms with E-state index in [0.717, 1.165) is 5.56 Å². The summed E-state index contributed by atoms with van der Waals surface area (Å²) in [6.07, 6.45) is -1.74. The van der Waals surface area contributed by atoms with Crippen LogP contribution in [0.15, 0.2) is 30.3 Å². The molecule has 1 aliphatic rings. The number of nitrogens with one attached hydrogen (secondary N) is 1. The van der Waals surface area contributed by atoms with Crippen molar-refractivity contribution in [2.24, 2.45) is 5.92 Å². The number of hydrogen-bond acceptors (Lipinski definition) is 6. The molecule has 0 spiro atoms. The highest BCUT2D eigenvalue weighted by Crippen LogP contribution is 2.24. The van der Waals surface area contributed by atoms with E-state index in [4.69, 9.17) is 9.47 Å². The van der Waals surface area contributed by atoms with E-state index in [1.54, 1.807) is 20.8 Å². The van der Waals surface area contributed by atoms with Crippen molar-refractivity contribution in [3.05, 3.63) is 35.9 Å². The summed E-state index contributed by atoms with van der Waals surface area (Å²) < 4.78 is 10.6. The number of aliphatic hydroxyl groups excluding tert-OH is 2. The molecule has 1 saturated heterocycles. The van der Waals surface area contributed by atoms with Gasteiger partial charge in [0.1, 0.15) is 12.2 Å². The summed E-state index contributed by atoms with van der Waals surface area (Å²) in [6, 6.07) is 8.79. The average molecular weight is 394 g/mol. The smallest absolute Gasteiger partial charge is 0.410 e. The van der Waals surface area contributed by atoms with Crippen molar-refractivity contribution in [3.63, 3.8) is 0 Å². The molecule has 2 rings (SSSR count). The van der Waals surface area contributed by atoms with Gasteiger partial charge < -0.3 is 29.9 Å². The van der Waals surface area contributed by atoms with Crippen LogP contribution in [0.4, 0.5) is 9.59 Å². The van der Waals surface area contributed by atoms with Gasteiger partial charge in [-0.15, -0.1) is 0 Å². The van der Waals surface area contributed by atoms with Crippen molar-refractivity contribution in [1.29, 1.82) is 0 Å². The molecule has 0 unspecified atom stereocenters. The Labute approximate surface area is 165 Å². The Morgan fingerprint density at radius 3 is 2.54 bits per heavy atom. The quantitative estimate of drug-likeness (QED) is 0.680. The number of benzene rings is 1. The van der Waals surface area contributed by atoms with Gasteiger partial charge >= 0.3 is 12.2 Å². The number of amides is 2. The third kappa shape index (κ3) is 6.69. The Kier molecular flexibility index (Phi) is 7.65. The fourth-order valence-corrected chi connectivity index (χ4v) is 3.16. The van der Waals surface area contributed by atoms with Gasteiger partial charge in [0.25, 0.3) is 0 Å². The summed E-state index contributed by atoms with van der Waals surface area (Å²) in [5.74, 6) is -0.427. The van der Waals surface area contributed by atoms with Crippen LogP contribution in [-0.2, 0) is 16.1 Å². The molecule has 1 aromatic carbocycles. The van der Waals surface area contributed by atoms with E-state index in [0.29, 0.717) is 0 Å². The van der Waals surface area contributed by atoms with Crippen LogP contribution in [0.25, 0.3) is 0 Å². The van der Waals surface area contributed by atoms with Crippen molar-refractivity contribution in [3.8, 4) is 0 Å². The molecule has 0 radical (unpaired) electrons. The largest absolute Gasteiger partial charge is 0.445 e. The van der Waals surface area contributed by atoms with Gasteiger partial charge in [-0.05, 0) is 32.8 Å². The van der Waals surface area contributed by atoms with E-state index in [1.165, 1.54) is 4.90 Å². The van der Waals surface area contributed by atoms with Gasteiger partial charge in [-0.1, -0.05) is 30.3 Å². The number of aliphatic hydroxyl groups is 2. The summed E-state index contributed by atoms with van der Waals surface area (Å²) in [7, 11) is 0. The molecule has 0 saturated carbocycles. The minimum absolute atomic E-state index is 0.107. The lowest BCUT2D eigenvalue weighted by Crippen LogP contribution is -2.47. The fourth-order valence-electron chi connectivity index (χ4n) is 3.16. The van der Waals surface area contributed by atoms with Crippen molar-refractivity contribution in [2.45, 2.75) is 51.5 Å². The molecule has 0 aromatic heterocycles. The molecule has 0 bridgehead atoms. The number of hydrogen-bond donors (Lipinski definition) is 3. The highest BCUT2D eigenvalue weighted by Gasteiger charge is 2.40. The minimum atomic E-state index is -0.837.